The molecule has 2 aromatic carbocycles. The van der Waals surface area contributed by atoms with E-state index >= 15 is 0 Å². The van der Waals surface area contributed by atoms with E-state index < -0.39 is 0 Å². The van der Waals surface area contributed by atoms with Gasteiger partial charge in [-0.05, 0) is 49.4 Å². The maximum atomic E-state index is 12.5. The van der Waals surface area contributed by atoms with Gasteiger partial charge >= 0.3 is 0 Å². The van der Waals surface area contributed by atoms with Crippen LogP contribution >= 0.6 is 0 Å². The van der Waals surface area contributed by atoms with Crippen molar-refractivity contribution >= 4 is 17.4 Å². The number of carbonyl (C=O) groups is 2. The highest BCUT2D eigenvalue weighted by molar-refractivity contribution is 6.04. The maximum absolute atomic E-state index is 12.5. The molecule has 0 bridgehead atoms. The van der Waals surface area contributed by atoms with Crippen LogP contribution in [-0.2, 0) is 7.05 Å². The van der Waals surface area contributed by atoms with E-state index in [9.17, 15) is 9.59 Å². The van der Waals surface area contributed by atoms with E-state index in [2.05, 4.69) is 10.4 Å². The van der Waals surface area contributed by atoms with E-state index in [0.717, 1.165) is 17.0 Å². The lowest BCUT2D eigenvalue weighted by atomic mass is 10.1. The molecule has 6 heteroatoms. The van der Waals surface area contributed by atoms with Crippen LogP contribution in [0.4, 0.5) is 5.69 Å². The highest BCUT2D eigenvalue weighted by Gasteiger charge is 2.15. The summed E-state index contributed by atoms with van der Waals surface area (Å²) in [6.07, 6.45) is 0. The molecule has 1 amide bonds. The molecule has 3 aromatic rings. The summed E-state index contributed by atoms with van der Waals surface area (Å²) < 4.78 is 6.90. The summed E-state index contributed by atoms with van der Waals surface area (Å²) in [5.74, 6) is 0.404. The standard InChI is InChI=1S/C20H19N3O3/c1-13(24)14-7-9-16(10-8-14)21-20(25)18-12-19(23(2)22-18)15-5-4-6-17(11-15)26-3/h4-12H,1-3H3,(H,21,25). The van der Waals surface area contributed by atoms with Gasteiger partial charge in [0, 0.05) is 23.9 Å². The molecule has 0 saturated carbocycles. The molecule has 0 fully saturated rings. The zero-order valence-corrected chi connectivity index (χ0v) is 14.8. The molecule has 26 heavy (non-hydrogen) atoms. The fourth-order valence-corrected chi connectivity index (χ4v) is 2.61. The van der Waals surface area contributed by atoms with Crippen LogP contribution in [0.2, 0.25) is 0 Å². The summed E-state index contributed by atoms with van der Waals surface area (Å²) in [4.78, 5) is 23.8. The number of carbonyl (C=O) groups excluding carboxylic acids is 2. The van der Waals surface area contributed by atoms with Gasteiger partial charge in [0.1, 0.15) is 5.75 Å². The largest absolute Gasteiger partial charge is 0.497 e. The maximum Gasteiger partial charge on any atom is 0.276 e. The van der Waals surface area contributed by atoms with Gasteiger partial charge in [-0.15, -0.1) is 0 Å². The normalized spacial score (nSPS) is 10.4. The first-order valence-corrected chi connectivity index (χ1v) is 8.09. The first-order chi connectivity index (χ1) is 12.5. The number of nitrogens with zero attached hydrogens (tertiary/aromatic N) is 2. The van der Waals surface area contributed by atoms with Gasteiger partial charge in [0.15, 0.2) is 11.5 Å². The molecular weight excluding hydrogens is 330 g/mol. The Kier molecular flexibility index (Phi) is 4.84. The van der Waals surface area contributed by atoms with Crippen LogP contribution in [0.5, 0.6) is 5.75 Å². The van der Waals surface area contributed by atoms with Crippen molar-refractivity contribution < 1.29 is 14.3 Å². The predicted octanol–water partition coefficient (Wildman–Crippen LogP) is 3.55. The molecule has 0 radical (unpaired) electrons. The number of hydrogen-bond donors (Lipinski definition) is 1. The summed E-state index contributed by atoms with van der Waals surface area (Å²) in [5, 5.41) is 7.08. The highest BCUT2D eigenvalue weighted by Crippen LogP contribution is 2.24. The molecule has 0 aliphatic rings. The summed E-state index contributed by atoms with van der Waals surface area (Å²) in [5.41, 5.74) is 3.22. The quantitative estimate of drug-likeness (QED) is 0.715. The second kappa shape index (κ2) is 7.23. The van der Waals surface area contributed by atoms with Gasteiger partial charge in [0.25, 0.3) is 5.91 Å². The Balaban J connectivity index is 1.81. The number of Topliss-reactive ketones (excluding diaryl/α,β-unsaturated/α-hetero) is 1. The third kappa shape index (κ3) is 3.64. The van der Waals surface area contributed by atoms with Gasteiger partial charge in [-0.25, -0.2) is 0 Å². The molecule has 0 saturated heterocycles. The van der Waals surface area contributed by atoms with E-state index in [1.807, 2.05) is 24.3 Å². The van der Waals surface area contributed by atoms with Crippen molar-refractivity contribution in [2.75, 3.05) is 12.4 Å². The molecule has 0 atom stereocenters. The summed E-state index contributed by atoms with van der Waals surface area (Å²) in [6, 6.07) is 16.0. The van der Waals surface area contributed by atoms with Crippen LogP contribution in [0.1, 0.15) is 27.8 Å². The molecule has 3 rings (SSSR count). The lowest BCUT2D eigenvalue weighted by molar-refractivity contribution is 0.101. The first-order valence-electron chi connectivity index (χ1n) is 8.09. The molecule has 0 aliphatic heterocycles. The number of rotatable bonds is 5. The van der Waals surface area contributed by atoms with E-state index in [4.69, 9.17) is 4.74 Å². The number of ether oxygens (including phenoxy) is 1. The predicted molar refractivity (Wildman–Crippen MR) is 99.6 cm³/mol. The molecule has 1 N–H and O–H groups in total. The minimum absolute atomic E-state index is 0.0180. The van der Waals surface area contributed by atoms with Gasteiger partial charge < -0.3 is 10.1 Å². The Morgan fingerprint density at radius 2 is 1.81 bits per heavy atom. The number of methoxy groups -OCH3 is 1. The zero-order valence-electron chi connectivity index (χ0n) is 14.8. The summed E-state index contributed by atoms with van der Waals surface area (Å²) >= 11 is 0. The van der Waals surface area contributed by atoms with Crippen LogP contribution in [-0.4, -0.2) is 28.6 Å². The molecule has 6 nitrogen and oxygen atoms in total. The molecule has 0 aliphatic carbocycles. The molecule has 1 aromatic heterocycles. The van der Waals surface area contributed by atoms with Gasteiger partial charge in [0.05, 0.1) is 12.8 Å². The van der Waals surface area contributed by atoms with Crippen molar-refractivity contribution in [2.45, 2.75) is 6.92 Å². The Morgan fingerprint density at radius 3 is 2.46 bits per heavy atom. The van der Waals surface area contributed by atoms with Crippen molar-refractivity contribution in [3.8, 4) is 17.0 Å². The average molecular weight is 349 g/mol. The minimum atomic E-state index is -0.315. The number of hydrogen-bond acceptors (Lipinski definition) is 4. The number of ketones is 1. The van der Waals surface area contributed by atoms with Crippen LogP contribution < -0.4 is 10.1 Å². The zero-order chi connectivity index (χ0) is 18.7. The van der Waals surface area contributed by atoms with Gasteiger partial charge in [0.2, 0.25) is 0 Å². The Bertz CT molecular complexity index is 959. The molecule has 132 valence electrons. The molecule has 0 unspecified atom stereocenters. The monoisotopic (exact) mass is 349 g/mol. The van der Waals surface area contributed by atoms with E-state index in [-0.39, 0.29) is 11.7 Å². The first kappa shape index (κ1) is 17.4. The van der Waals surface area contributed by atoms with E-state index in [1.54, 1.807) is 49.2 Å². The molecule has 1 heterocycles. The second-order valence-corrected chi connectivity index (χ2v) is 5.86. The Morgan fingerprint density at radius 1 is 1.08 bits per heavy atom. The number of aromatic nitrogens is 2. The minimum Gasteiger partial charge on any atom is -0.497 e. The van der Waals surface area contributed by atoms with E-state index in [1.165, 1.54) is 6.92 Å². The highest BCUT2D eigenvalue weighted by atomic mass is 16.5. The smallest absolute Gasteiger partial charge is 0.276 e. The Labute approximate surface area is 151 Å². The number of anilines is 1. The van der Waals surface area contributed by atoms with E-state index in [0.29, 0.717) is 16.9 Å². The molecular formula is C20H19N3O3. The van der Waals surface area contributed by atoms with Crippen LogP contribution in [0.15, 0.2) is 54.6 Å². The van der Waals surface area contributed by atoms with Crippen LogP contribution in [0, 0.1) is 0 Å². The van der Waals surface area contributed by atoms with Gasteiger partial charge in [-0.3, -0.25) is 14.3 Å². The fraction of sp³-hybridized carbons (Fsp3) is 0.150. The topological polar surface area (TPSA) is 73.2 Å². The Hall–Kier alpha value is -3.41. The van der Waals surface area contributed by atoms with Gasteiger partial charge in [-0.2, -0.15) is 5.10 Å². The lowest BCUT2D eigenvalue weighted by Crippen LogP contribution is -2.13. The number of benzene rings is 2. The van der Waals surface area contributed by atoms with Crippen molar-refractivity contribution in [1.29, 1.82) is 0 Å². The third-order valence-electron chi connectivity index (χ3n) is 4.03. The number of aryl methyl sites for hydroxylation is 1. The third-order valence-corrected chi connectivity index (χ3v) is 4.03. The number of nitrogens with one attached hydrogen (secondary N) is 1. The number of amides is 1. The van der Waals surface area contributed by atoms with Gasteiger partial charge in [-0.1, -0.05) is 12.1 Å². The van der Waals surface area contributed by atoms with Crippen LogP contribution in [0.25, 0.3) is 11.3 Å². The summed E-state index contributed by atoms with van der Waals surface area (Å²) in [6.45, 7) is 1.50. The SMILES string of the molecule is COc1cccc(-c2cc(C(=O)Nc3ccc(C(C)=O)cc3)nn2C)c1. The average Bonchev–Trinajstić information content (AvgIpc) is 3.04. The molecule has 0 spiro atoms. The van der Waals surface area contributed by atoms with Crippen molar-refractivity contribution in [2.24, 2.45) is 7.05 Å². The van der Waals surface area contributed by atoms with Crippen LogP contribution in [0.3, 0.4) is 0 Å². The van der Waals surface area contributed by atoms with Crippen molar-refractivity contribution in [1.82, 2.24) is 9.78 Å². The summed E-state index contributed by atoms with van der Waals surface area (Å²) in [7, 11) is 3.39. The second-order valence-electron chi connectivity index (χ2n) is 5.86. The van der Waals surface area contributed by atoms with Crippen molar-refractivity contribution in [3.63, 3.8) is 0 Å². The fourth-order valence-electron chi connectivity index (χ4n) is 2.61. The van der Waals surface area contributed by atoms with Crippen molar-refractivity contribution in [3.05, 3.63) is 65.9 Å². The lowest BCUT2D eigenvalue weighted by Gasteiger charge is -2.04.